The van der Waals surface area contributed by atoms with E-state index in [-0.39, 0.29) is 41.4 Å². The van der Waals surface area contributed by atoms with E-state index in [1.54, 1.807) is 67.6 Å². The molecule has 11 heteroatoms. The molecule has 3 amide bonds. The predicted molar refractivity (Wildman–Crippen MR) is 186 cm³/mol. The second kappa shape index (κ2) is 16.1. The maximum Gasteiger partial charge on any atom is 0.319 e. The Morgan fingerprint density at radius 3 is 2.15 bits per heavy atom. The molecule has 5 N–H and O–H groups in total. The molecular formula is C37H46N4O6S. The van der Waals surface area contributed by atoms with Crippen LogP contribution in [0.15, 0.2) is 77.7 Å². The van der Waals surface area contributed by atoms with Crippen molar-refractivity contribution in [1.82, 2.24) is 10.6 Å². The highest BCUT2D eigenvalue weighted by molar-refractivity contribution is 7.93. The van der Waals surface area contributed by atoms with Crippen LogP contribution in [0.3, 0.4) is 0 Å². The van der Waals surface area contributed by atoms with Crippen molar-refractivity contribution in [3.05, 3.63) is 89.5 Å². The molecule has 5 rings (SSSR count). The Kier molecular flexibility index (Phi) is 11.8. The zero-order valence-corrected chi connectivity index (χ0v) is 28.2. The summed E-state index contributed by atoms with van der Waals surface area (Å²) in [5.41, 5.74) is 2.32. The number of sulfonamides is 1. The number of carboxylic acids is 1. The summed E-state index contributed by atoms with van der Waals surface area (Å²) in [5.74, 6) is 0.283. The van der Waals surface area contributed by atoms with Gasteiger partial charge in [0.2, 0.25) is 0 Å². The third-order valence-corrected chi connectivity index (χ3v) is 11.4. The Hall–Kier alpha value is -4.38. The van der Waals surface area contributed by atoms with Crippen molar-refractivity contribution in [3.63, 3.8) is 0 Å². The standard InChI is InChI=1S/C37H46N4O6S/c1-25-9-8-14-32(35(25)48(46,47)41-31-12-6-3-7-13-31)39-37(45)40-34(28-17-15-27(16-18-28)26-10-4-2-5-11-26)29-19-21-30(22-20-29)36(44)38-24-23-33(42)43/h3,6-9,12-14,19-22,26-28,34,41H,2,4-5,10-11,15-18,23-24H2,1H3,(H,38,44)(H,42,43)(H2,39,40,45). The van der Waals surface area contributed by atoms with Gasteiger partial charge >= 0.3 is 12.0 Å². The normalized spacial score (nSPS) is 19.1. The van der Waals surface area contributed by atoms with Crippen molar-refractivity contribution in [2.24, 2.45) is 17.8 Å². The number of rotatable bonds is 12. The lowest BCUT2D eigenvalue weighted by Crippen LogP contribution is -2.38. The van der Waals surface area contributed by atoms with Crippen LogP contribution >= 0.6 is 0 Å². The van der Waals surface area contributed by atoms with Crippen LogP contribution in [0.1, 0.15) is 91.7 Å². The Morgan fingerprint density at radius 1 is 0.812 bits per heavy atom. The lowest BCUT2D eigenvalue weighted by molar-refractivity contribution is -0.136. The number of nitrogens with one attached hydrogen (secondary N) is 4. The van der Waals surface area contributed by atoms with Crippen molar-refractivity contribution in [2.75, 3.05) is 16.6 Å². The van der Waals surface area contributed by atoms with Crippen molar-refractivity contribution in [3.8, 4) is 0 Å². The van der Waals surface area contributed by atoms with Crippen molar-refractivity contribution >= 4 is 39.3 Å². The number of carbonyl (C=O) groups is 3. The summed E-state index contributed by atoms with van der Waals surface area (Å²) in [7, 11) is -4.03. The number of carboxylic acid groups (broad SMARTS) is 1. The molecule has 3 aromatic rings. The summed E-state index contributed by atoms with van der Waals surface area (Å²) >= 11 is 0. The Labute approximate surface area is 283 Å². The molecule has 256 valence electrons. The van der Waals surface area contributed by atoms with Crippen LogP contribution in [-0.2, 0) is 14.8 Å². The summed E-state index contributed by atoms with van der Waals surface area (Å²) in [5, 5.41) is 17.5. The van der Waals surface area contributed by atoms with E-state index in [1.807, 2.05) is 12.1 Å². The van der Waals surface area contributed by atoms with E-state index in [1.165, 1.54) is 32.1 Å². The van der Waals surface area contributed by atoms with Gasteiger partial charge in [-0.1, -0.05) is 74.6 Å². The largest absolute Gasteiger partial charge is 0.481 e. The molecule has 1 atom stereocenters. The molecule has 1 unspecified atom stereocenters. The molecular weight excluding hydrogens is 628 g/mol. The molecule has 48 heavy (non-hydrogen) atoms. The third-order valence-electron chi connectivity index (χ3n) is 9.80. The number of hydrogen-bond donors (Lipinski definition) is 5. The molecule has 2 saturated carbocycles. The maximum atomic E-state index is 13.7. The lowest BCUT2D eigenvalue weighted by atomic mass is 9.69. The maximum absolute atomic E-state index is 13.7. The van der Waals surface area contributed by atoms with Gasteiger partial charge in [0, 0.05) is 17.8 Å². The number of amides is 3. The fourth-order valence-corrected chi connectivity index (χ4v) is 8.82. The molecule has 0 radical (unpaired) electrons. The molecule has 0 bridgehead atoms. The molecule has 2 fully saturated rings. The molecule has 10 nitrogen and oxygen atoms in total. The fourth-order valence-electron chi connectivity index (χ4n) is 7.38. The van der Waals surface area contributed by atoms with Gasteiger partial charge in [-0.15, -0.1) is 0 Å². The van der Waals surface area contributed by atoms with Crippen LogP contribution in [0.25, 0.3) is 0 Å². The van der Waals surface area contributed by atoms with Crippen LogP contribution in [0.5, 0.6) is 0 Å². The second-order valence-electron chi connectivity index (χ2n) is 13.1. The Bertz CT molecular complexity index is 1670. The van der Waals surface area contributed by atoms with E-state index in [0.29, 0.717) is 22.7 Å². The fraction of sp³-hybridized carbons (Fsp3) is 0.432. The van der Waals surface area contributed by atoms with E-state index in [0.717, 1.165) is 37.2 Å². The number of aryl methyl sites for hydroxylation is 1. The zero-order chi connectivity index (χ0) is 34.1. The van der Waals surface area contributed by atoms with Gasteiger partial charge in [0.15, 0.2) is 0 Å². The minimum Gasteiger partial charge on any atom is -0.481 e. The number of carbonyl (C=O) groups excluding carboxylic acids is 2. The number of urea groups is 1. The lowest BCUT2D eigenvalue weighted by Gasteiger charge is -2.39. The first kappa shape index (κ1) is 34.9. The molecule has 2 aliphatic carbocycles. The van der Waals surface area contributed by atoms with Crippen molar-refractivity contribution < 1.29 is 27.9 Å². The van der Waals surface area contributed by atoms with Crippen molar-refractivity contribution in [1.29, 1.82) is 0 Å². The summed E-state index contributed by atoms with van der Waals surface area (Å²) in [4.78, 5) is 37.1. The van der Waals surface area contributed by atoms with E-state index in [4.69, 9.17) is 5.11 Å². The molecule has 0 heterocycles. The monoisotopic (exact) mass is 674 g/mol. The van der Waals surface area contributed by atoms with Gasteiger partial charge in [-0.3, -0.25) is 14.3 Å². The summed E-state index contributed by atoms with van der Waals surface area (Å²) in [6.45, 7) is 1.72. The van der Waals surface area contributed by atoms with Gasteiger partial charge in [0.25, 0.3) is 15.9 Å². The first-order chi connectivity index (χ1) is 23.1. The van der Waals surface area contributed by atoms with Gasteiger partial charge in [0.05, 0.1) is 18.2 Å². The first-order valence-electron chi connectivity index (χ1n) is 17.0. The number of hydrogen-bond acceptors (Lipinski definition) is 5. The number of anilines is 2. The average molecular weight is 675 g/mol. The SMILES string of the molecule is Cc1cccc(NC(=O)NC(c2ccc(C(=O)NCCC(=O)O)cc2)C2CCC(C3CCCCC3)CC2)c1S(=O)(=O)Nc1ccccc1. The highest BCUT2D eigenvalue weighted by Crippen LogP contribution is 2.43. The average Bonchev–Trinajstić information content (AvgIpc) is 3.08. The molecule has 0 aromatic heterocycles. The van der Waals surface area contributed by atoms with Crippen LogP contribution < -0.4 is 20.7 Å². The van der Waals surface area contributed by atoms with Gasteiger partial charge in [-0.05, 0) is 91.8 Å². The number of aliphatic carboxylic acids is 1. The smallest absolute Gasteiger partial charge is 0.319 e. The minimum absolute atomic E-state index is 0.00759. The number of benzene rings is 3. The third kappa shape index (κ3) is 9.15. The molecule has 0 saturated heterocycles. The van der Waals surface area contributed by atoms with Crippen LogP contribution in [0, 0.1) is 24.7 Å². The highest BCUT2D eigenvalue weighted by atomic mass is 32.2. The van der Waals surface area contributed by atoms with E-state index in [9.17, 15) is 22.8 Å². The summed E-state index contributed by atoms with van der Waals surface area (Å²) < 4.78 is 29.6. The van der Waals surface area contributed by atoms with Crippen LogP contribution in [0.4, 0.5) is 16.2 Å². The van der Waals surface area contributed by atoms with Crippen molar-refractivity contribution in [2.45, 2.75) is 82.1 Å². The van der Waals surface area contributed by atoms with E-state index < -0.39 is 22.0 Å². The van der Waals surface area contributed by atoms with Crippen LogP contribution in [-0.4, -0.2) is 38.0 Å². The molecule has 3 aromatic carbocycles. The molecule has 2 aliphatic rings. The molecule has 0 spiro atoms. The Morgan fingerprint density at radius 2 is 1.48 bits per heavy atom. The predicted octanol–water partition coefficient (Wildman–Crippen LogP) is 7.25. The Balaban J connectivity index is 1.34. The van der Waals surface area contributed by atoms with Gasteiger partial charge in [0.1, 0.15) is 4.90 Å². The van der Waals surface area contributed by atoms with Gasteiger partial charge < -0.3 is 21.1 Å². The number of para-hydroxylation sites is 1. The molecule has 0 aliphatic heterocycles. The quantitative estimate of drug-likeness (QED) is 0.136. The zero-order valence-electron chi connectivity index (χ0n) is 27.4. The van der Waals surface area contributed by atoms with Gasteiger partial charge in [-0.25, -0.2) is 13.2 Å². The van der Waals surface area contributed by atoms with Gasteiger partial charge in [-0.2, -0.15) is 0 Å². The topological polar surface area (TPSA) is 154 Å². The summed E-state index contributed by atoms with van der Waals surface area (Å²) in [6.07, 6.45) is 10.5. The highest BCUT2D eigenvalue weighted by Gasteiger charge is 2.34. The first-order valence-corrected chi connectivity index (χ1v) is 18.4. The van der Waals surface area contributed by atoms with E-state index in [2.05, 4.69) is 20.7 Å². The minimum atomic E-state index is -4.03. The second-order valence-corrected chi connectivity index (χ2v) is 14.7. The van der Waals surface area contributed by atoms with Crippen LogP contribution in [0.2, 0.25) is 0 Å². The summed E-state index contributed by atoms with van der Waals surface area (Å²) in [6, 6.07) is 19.7. The van der Waals surface area contributed by atoms with E-state index >= 15 is 0 Å².